The van der Waals surface area contributed by atoms with Crippen molar-refractivity contribution < 1.29 is 19.1 Å². The molecule has 1 aromatic carbocycles. The van der Waals surface area contributed by atoms with Crippen LogP contribution in [0.2, 0.25) is 0 Å². The van der Waals surface area contributed by atoms with E-state index >= 15 is 0 Å². The first-order valence-corrected chi connectivity index (χ1v) is 6.13. The number of carbonyl (C=O) groups excluding carboxylic acids is 3. The molecule has 1 atom stereocenters. The van der Waals surface area contributed by atoms with Gasteiger partial charge in [0.05, 0.1) is 18.7 Å². The second-order valence-electron chi connectivity index (χ2n) is 4.65. The number of methoxy groups -OCH3 is 1. The molecule has 2 heterocycles. The summed E-state index contributed by atoms with van der Waals surface area (Å²) in [4.78, 5) is 37.4. The summed E-state index contributed by atoms with van der Waals surface area (Å²) in [6, 6.07) is 4.50. The highest BCUT2D eigenvalue weighted by Gasteiger charge is 2.27. The maximum atomic E-state index is 11.9. The fourth-order valence-electron chi connectivity index (χ4n) is 2.49. The van der Waals surface area contributed by atoms with Crippen LogP contribution in [0.1, 0.15) is 26.4 Å². The van der Waals surface area contributed by atoms with E-state index in [4.69, 9.17) is 0 Å². The van der Waals surface area contributed by atoms with E-state index < -0.39 is 12.0 Å². The summed E-state index contributed by atoms with van der Waals surface area (Å²) < 4.78 is 4.68. The first kappa shape index (κ1) is 12.4. The van der Waals surface area contributed by atoms with Crippen molar-refractivity contribution >= 4 is 29.1 Å². The van der Waals surface area contributed by atoms with Gasteiger partial charge in [0, 0.05) is 17.3 Å². The molecular formula is C14H12N2O4. The van der Waals surface area contributed by atoms with Crippen molar-refractivity contribution in [3.63, 3.8) is 0 Å². The summed E-state index contributed by atoms with van der Waals surface area (Å²) in [5, 5.41) is 3.37. The number of hydrogen-bond donors (Lipinski definition) is 2. The van der Waals surface area contributed by atoms with Gasteiger partial charge in [-0.05, 0) is 23.8 Å². The van der Waals surface area contributed by atoms with Crippen LogP contribution < -0.4 is 5.32 Å². The Balaban J connectivity index is 2.18. The van der Waals surface area contributed by atoms with Crippen molar-refractivity contribution in [1.82, 2.24) is 10.3 Å². The van der Waals surface area contributed by atoms with E-state index in [0.717, 1.165) is 16.5 Å². The minimum atomic E-state index is -0.532. The van der Waals surface area contributed by atoms with Gasteiger partial charge < -0.3 is 19.8 Å². The second kappa shape index (κ2) is 4.48. The normalized spacial score (nSPS) is 17.4. The van der Waals surface area contributed by atoms with E-state index in [1.807, 2.05) is 0 Å². The summed E-state index contributed by atoms with van der Waals surface area (Å²) in [6.45, 7) is 0. The van der Waals surface area contributed by atoms with Crippen molar-refractivity contribution in [2.45, 2.75) is 12.5 Å². The molecular weight excluding hydrogens is 260 g/mol. The predicted octanol–water partition coefficient (Wildman–Crippen LogP) is 0.808. The third kappa shape index (κ3) is 1.77. The number of ether oxygens (including phenoxy) is 1. The summed E-state index contributed by atoms with van der Waals surface area (Å²) >= 11 is 0. The van der Waals surface area contributed by atoms with Crippen LogP contribution in [0.15, 0.2) is 18.2 Å². The number of carbonyl (C=O) groups is 3. The standard InChI is InChI=1S/C14H12N2O4/c1-20-14(19)7-2-3-11-9(4-7)10-5-8(6-17)15-13(18)12(10)16-11/h2-4,6,8,16H,5H2,1H3,(H,15,18). The van der Waals surface area contributed by atoms with E-state index in [2.05, 4.69) is 15.0 Å². The minimum Gasteiger partial charge on any atom is -0.465 e. The highest BCUT2D eigenvalue weighted by atomic mass is 16.5. The molecule has 0 saturated carbocycles. The van der Waals surface area contributed by atoms with Crippen molar-refractivity contribution in [2.24, 2.45) is 0 Å². The Morgan fingerprint density at radius 3 is 2.95 bits per heavy atom. The fraction of sp³-hybridized carbons (Fsp3) is 0.214. The maximum Gasteiger partial charge on any atom is 0.337 e. The molecule has 6 nitrogen and oxygen atoms in total. The van der Waals surface area contributed by atoms with Crippen LogP contribution in [0.4, 0.5) is 0 Å². The molecule has 1 unspecified atom stereocenters. The van der Waals surface area contributed by atoms with Crippen LogP contribution in [0, 0.1) is 0 Å². The summed E-state index contributed by atoms with van der Waals surface area (Å²) in [7, 11) is 1.31. The third-order valence-electron chi connectivity index (χ3n) is 3.46. The molecule has 0 aliphatic carbocycles. The summed E-state index contributed by atoms with van der Waals surface area (Å²) in [5.41, 5.74) is 2.37. The van der Waals surface area contributed by atoms with Crippen molar-refractivity contribution in [3.05, 3.63) is 35.0 Å². The summed E-state index contributed by atoms with van der Waals surface area (Å²) in [6.07, 6.45) is 1.12. The van der Waals surface area contributed by atoms with Crippen LogP contribution in [0.3, 0.4) is 0 Å². The smallest absolute Gasteiger partial charge is 0.337 e. The zero-order chi connectivity index (χ0) is 14.3. The molecule has 102 valence electrons. The Hall–Kier alpha value is -2.63. The van der Waals surface area contributed by atoms with Crippen LogP contribution in [0.5, 0.6) is 0 Å². The lowest BCUT2D eigenvalue weighted by Crippen LogP contribution is -2.42. The van der Waals surface area contributed by atoms with Gasteiger partial charge in [0.2, 0.25) is 0 Å². The Kier molecular flexibility index (Phi) is 2.78. The van der Waals surface area contributed by atoms with Gasteiger partial charge in [-0.1, -0.05) is 0 Å². The SMILES string of the molecule is COC(=O)c1ccc2[nH]c3c(c2c1)CC(C=O)NC3=O. The first-order valence-electron chi connectivity index (χ1n) is 6.13. The van der Waals surface area contributed by atoms with Gasteiger partial charge in [-0.25, -0.2) is 4.79 Å². The van der Waals surface area contributed by atoms with Gasteiger partial charge in [-0.2, -0.15) is 0 Å². The number of nitrogens with one attached hydrogen (secondary N) is 2. The molecule has 20 heavy (non-hydrogen) atoms. The zero-order valence-corrected chi connectivity index (χ0v) is 10.7. The molecule has 1 aliphatic heterocycles. The molecule has 0 fully saturated rings. The molecule has 1 aliphatic rings. The number of hydrogen-bond acceptors (Lipinski definition) is 4. The first-order chi connectivity index (χ1) is 9.63. The molecule has 1 aromatic heterocycles. The number of esters is 1. The number of fused-ring (bicyclic) bond motifs is 3. The highest BCUT2D eigenvalue weighted by molar-refractivity contribution is 6.05. The topological polar surface area (TPSA) is 88.3 Å². The Bertz CT molecular complexity index is 732. The molecule has 1 amide bonds. The van der Waals surface area contributed by atoms with E-state index in [9.17, 15) is 14.4 Å². The van der Waals surface area contributed by atoms with Gasteiger partial charge in [0.15, 0.2) is 0 Å². The van der Waals surface area contributed by atoms with Gasteiger partial charge in [0.25, 0.3) is 5.91 Å². The lowest BCUT2D eigenvalue weighted by Gasteiger charge is -2.18. The largest absolute Gasteiger partial charge is 0.465 e. The molecule has 0 saturated heterocycles. The van der Waals surface area contributed by atoms with Crippen LogP contribution in [-0.2, 0) is 16.0 Å². The number of amides is 1. The van der Waals surface area contributed by atoms with E-state index in [1.165, 1.54) is 7.11 Å². The predicted molar refractivity (Wildman–Crippen MR) is 70.7 cm³/mol. The lowest BCUT2D eigenvalue weighted by molar-refractivity contribution is -0.109. The Labute approximate surface area is 114 Å². The molecule has 0 bridgehead atoms. The summed E-state index contributed by atoms with van der Waals surface area (Å²) in [5.74, 6) is -0.742. The van der Waals surface area contributed by atoms with Crippen molar-refractivity contribution in [3.8, 4) is 0 Å². The molecule has 2 aromatic rings. The van der Waals surface area contributed by atoms with E-state index in [0.29, 0.717) is 24.0 Å². The average molecular weight is 272 g/mol. The number of aromatic nitrogens is 1. The highest BCUT2D eigenvalue weighted by Crippen LogP contribution is 2.27. The molecule has 0 radical (unpaired) electrons. The van der Waals surface area contributed by atoms with Crippen molar-refractivity contribution in [2.75, 3.05) is 7.11 Å². The third-order valence-corrected chi connectivity index (χ3v) is 3.46. The van der Waals surface area contributed by atoms with Gasteiger partial charge in [0.1, 0.15) is 12.0 Å². The molecule has 2 N–H and O–H groups in total. The van der Waals surface area contributed by atoms with Gasteiger partial charge in [-0.3, -0.25) is 4.79 Å². The van der Waals surface area contributed by atoms with Gasteiger partial charge in [-0.15, -0.1) is 0 Å². The second-order valence-corrected chi connectivity index (χ2v) is 4.65. The Morgan fingerprint density at radius 1 is 1.45 bits per heavy atom. The quantitative estimate of drug-likeness (QED) is 0.625. The maximum absolute atomic E-state index is 11.9. The Morgan fingerprint density at radius 2 is 2.25 bits per heavy atom. The number of aromatic amines is 1. The monoisotopic (exact) mass is 272 g/mol. The number of H-pyrrole nitrogens is 1. The van der Waals surface area contributed by atoms with Crippen LogP contribution in [-0.4, -0.2) is 36.3 Å². The van der Waals surface area contributed by atoms with E-state index in [1.54, 1.807) is 18.2 Å². The zero-order valence-electron chi connectivity index (χ0n) is 10.7. The fourth-order valence-corrected chi connectivity index (χ4v) is 2.49. The van der Waals surface area contributed by atoms with E-state index in [-0.39, 0.29) is 5.91 Å². The molecule has 3 rings (SSSR count). The molecule has 6 heteroatoms. The van der Waals surface area contributed by atoms with Crippen molar-refractivity contribution in [1.29, 1.82) is 0 Å². The lowest BCUT2D eigenvalue weighted by atomic mass is 9.98. The molecule has 0 spiro atoms. The number of rotatable bonds is 2. The number of benzene rings is 1. The number of aldehydes is 1. The average Bonchev–Trinajstić information content (AvgIpc) is 2.84. The van der Waals surface area contributed by atoms with Crippen LogP contribution in [0.25, 0.3) is 10.9 Å². The van der Waals surface area contributed by atoms with Gasteiger partial charge >= 0.3 is 5.97 Å². The minimum absolute atomic E-state index is 0.306. The van der Waals surface area contributed by atoms with Crippen LogP contribution >= 0.6 is 0 Å².